The number of carbonyl (C=O) groups excluding carboxylic acids is 1. The number of hydrogen-bond donors (Lipinski definition) is 0. The highest BCUT2D eigenvalue weighted by Gasteiger charge is 2.45. The molecule has 174 valence electrons. The van der Waals surface area contributed by atoms with Gasteiger partial charge in [-0.05, 0) is 61.4 Å². The van der Waals surface area contributed by atoms with E-state index >= 15 is 0 Å². The minimum atomic E-state index is -0.212. The number of aliphatic imine (C=N–C) groups is 1. The molecule has 1 heterocycles. The maximum atomic E-state index is 11.9. The van der Waals surface area contributed by atoms with Crippen LogP contribution >= 0.6 is 11.6 Å². The van der Waals surface area contributed by atoms with Gasteiger partial charge in [0.15, 0.2) is 6.29 Å². The number of halogens is 1. The number of anilines is 2. The largest absolute Gasteiger partial charge is 0.298 e. The van der Waals surface area contributed by atoms with Crippen molar-refractivity contribution in [1.82, 2.24) is 0 Å². The molecule has 2 aromatic carbocycles. The second kappa shape index (κ2) is 11.7. The van der Waals surface area contributed by atoms with E-state index in [-0.39, 0.29) is 5.41 Å². The van der Waals surface area contributed by atoms with Gasteiger partial charge in [0.2, 0.25) is 0 Å². The van der Waals surface area contributed by atoms with Gasteiger partial charge >= 0.3 is 0 Å². The minimum absolute atomic E-state index is 0.212. The third-order valence-electron chi connectivity index (χ3n) is 6.62. The zero-order chi connectivity index (χ0) is 23.9. The van der Waals surface area contributed by atoms with Crippen LogP contribution in [0.15, 0.2) is 41.4 Å². The average molecular weight is 455 g/mol. The van der Waals surface area contributed by atoms with Gasteiger partial charge < -0.3 is 0 Å². The predicted octanol–water partition coefficient (Wildman–Crippen LogP) is 8.71. The molecule has 0 N–H and O–H groups in total. The Morgan fingerprint density at radius 2 is 1.72 bits per heavy atom. The molecule has 1 aliphatic rings. The summed E-state index contributed by atoms with van der Waals surface area (Å²) in [5.74, 6) is 1.51. The second-order valence-electron chi connectivity index (χ2n) is 8.41. The van der Waals surface area contributed by atoms with E-state index in [9.17, 15) is 4.79 Å². The van der Waals surface area contributed by atoms with Gasteiger partial charge in [-0.3, -0.25) is 14.7 Å². The van der Waals surface area contributed by atoms with Gasteiger partial charge in [-0.15, -0.1) is 0 Å². The molecule has 0 fully saturated rings. The van der Waals surface area contributed by atoms with Gasteiger partial charge in [-0.2, -0.15) is 0 Å². The molecule has 4 heteroatoms. The maximum Gasteiger partial charge on any atom is 0.153 e. The molecule has 0 radical (unpaired) electrons. The summed E-state index contributed by atoms with van der Waals surface area (Å²) >= 11 is 6.40. The van der Waals surface area contributed by atoms with Crippen LogP contribution in [0.1, 0.15) is 101 Å². The molecular weight excluding hydrogens is 416 g/mol. The fourth-order valence-electron chi connectivity index (χ4n) is 4.89. The van der Waals surface area contributed by atoms with Gasteiger partial charge in [0.1, 0.15) is 5.84 Å². The highest BCUT2D eigenvalue weighted by molar-refractivity contribution is 6.34. The minimum Gasteiger partial charge on any atom is -0.298 e. The normalized spacial score (nSPS) is 18.5. The molecule has 2 aromatic rings. The zero-order valence-corrected chi connectivity index (χ0v) is 21.6. The van der Waals surface area contributed by atoms with E-state index in [4.69, 9.17) is 16.6 Å². The van der Waals surface area contributed by atoms with Crippen LogP contribution in [-0.4, -0.2) is 19.2 Å². The fraction of sp³-hybridized carbons (Fsp3) is 0.500. The van der Waals surface area contributed by atoms with E-state index in [1.807, 2.05) is 33.0 Å². The van der Waals surface area contributed by atoms with Crippen LogP contribution in [0.5, 0.6) is 0 Å². The van der Waals surface area contributed by atoms with Gasteiger partial charge in [0, 0.05) is 7.05 Å². The van der Waals surface area contributed by atoms with Gasteiger partial charge in [-0.1, -0.05) is 77.3 Å². The first-order chi connectivity index (χ1) is 15.5. The van der Waals surface area contributed by atoms with E-state index in [1.54, 1.807) is 6.07 Å². The smallest absolute Gasteiger partial charge is 0.153 e. The van der Waals surface area contributed by atoms with Crippen molar-refractivity contribution < 1.29 is 4.79 Å². The van der Waals surface area contributed by atoms with Crippen LogP contribution in [0.2, 0.25) is 5.02 Å². The molecule has 0 bridgehead atoms. The van der Waals surface area contributed by atoms with Crippen LogP contribution in [0, 0.1) is 0 Å². The van der Waals surface area contributed by atoms with E-state index < -0.39 is 0 Å². The highest BCUT2D eigenvalue weighted by Crippen LogP contribution is 2.50. The first kappa shape index (κ1) is 26.1. The molecular formula is C28H39ClN2O. The van der Waals surface area contributed by atoms with Crippen molar-refractivity contribution in [3.8, 4) is 0 Å². The summed E-state index contributed by atoms with van der Waals surface area (Å²) in [6.45, 7) is 12.9. The van der Waals surface area contributed by atoms with E-state index in [1.165, 1.54) is 36.8 Å². The first-order valence-electron chi connectivity index (χ1n) is 12.1. The van der Waals surface area contributed by atoms with Gasteiger partial charge in [0.05, 0.1) is 27.4 Å². The highest BCUT2D eigenvalue weighted by atomic mass is 35.5. The predicted molar refractivity (Wildman–Crippen MR) is 140 cm³/mol. The number of rotatable bonds is 8. The van der Waals surface area contributed by atoms with E-state index in [0.29, 0.717) is 16.5 Å². The summed E-state index contributed by atoms with van der Waals surface area (Å²) < 4.78 is 0. The van der Waals surface area contributed by atoms with Crippen LogP contribution < -0.4 is 4.90 Å². The third kappa shape index (κ3) is 4.64. The maximum absolute atomic E-state index is 11.9. The number of carbonyl (C=O) groups is 1. The molecule has 1 aliphatic heterocycles. The van der Waals surface area contributed by atoms with Crippen molar-refractivity contribution in [2.75, 3.05) is 11.9 Å². The molecule has 0 aliphatic carbocycles. The number of fused-ring (bicyclic) bond motifs is 1. The lowest BCUT2D eigenvalue weighted by Crippen LogP contribution is -2.36. The van der Waals surface area contributed by atoms with Crippen LogP contribution in [0.3, 0.4) is 0 Å². The van der Waals surface area contributed by atoms with Crippen molar-refractivity contribution in [2.45, 2.75) is 85.0 Å². The molecule has 0 saturated carbocycles. The molecule has 0 aromatic heterocycles. The van der Waals surface area contributed by atoms with Crippen molar-refractivity contribution in [3.05, 3.63) is 58.1 Å². The SMILES string of the molecule is CC.CCCC(CCC)c1ccc2c(c1)N(c1cccc(Cl)c1C=O)C(=NC)C2(C)CC. The molecule has 0 amide bonds. The molecule has 0 spiro atoms. The van der Waals surface area contributed by atoms with Crippen molar-refractivity contribution in [2.24, 2.45) is 4.99 Å². The van der Waals surface area contributed by atoms with Crippen LogP contribution in [-0.2, 0) is 5.41 Å². The molecule has 3 nitrogen and oxygen atoms in total. The lowest BCUT2D eigenvalue weighted by atomic mass is 9.79. The molecule has 1 unspecified atom stereocenters. The van der Waals surface area contributed by atoms with Crippen molar-refractivity contribution in [3.63, 3.8) is 0 Å². The van der Waals surface area contributed by atoms with Crippen LogP contribution in [0.4, 0.5) is 11.4 Å². The molecule has 32 heavy (non-hydrogen) atoms. The van der Waals surface area contributed by atoms with Gasteiger partial charge in [0.25, 0.3) is 0 Å². The monoisotopic (exact) mass is 454 g/mol. The second-order valence-corrected chi connectivity index (χ2v) is 8.82. The standard InChI is InChI=1S/C26H33ClN2O.C2H6/c1-6-10-18(11-7-2)19-14-15-21-24(16-19)29(25(28-5)26(21,4)8-3)23-13-9-12-22(27)20(23)17-30;1-2/h9,12-18H,6-8,10-11H2,1-5H3;1-2H3. The van der Waals surface area contributed by atoms with E-state index in [0.717, 1.165) is 29.9 Å². The quantitative estimate of drug-likeness (QED) is 0.373. The summed E-state index contributed by atoms with van der Waals surface area (Å²) in [5.41, 5.74) is 4.86. The Kier molecular flexibility index (Phi) is 9.51. The Morgan fingerprint density at radius 3 is 2.25 bits per heavy atom. The average Bonchev–Trinajstić information content (AvgIpc) is 3.07. The zero-order valence-electron chi connectivity index (χ0n) is 20.8. The van der Waals surface area contributed by atoms with E-state index in [2.05, 4.69) is 50.8 Å². The Labute approximate surface area is 199 Å². The van der Waals surface area contributed by atoms with Crippen molar-refractivity contribution in [1.29, 1.82) is 0 Å². The summed E-state index contributed by atoms with van der Waals surface area (Å²) in [6.07, 6.45) is 6.49. The number of hydrogen-bond acceptors (Lipinski definition) is 2. The summed E-state index contributed by atoms with van der Waals surface area (Å²) in [7, 11) is 1.84. The first-order valence-corrected chi connectivity index (χ1v) is 12.5. The van der Waals surface area contributed by atoms with Crippen LogP contribution in [0.25, 0.3) is 0 Å². The molecule has 3 rings (SSSR count). The number of aldehydes is 1. The lowest BCUT2D eigenvalue weighted by Gasteiger charge is -2.28. The lowest BCUT2D eigenvalue weighted by molar-refractivity contribution is 0.112. The molecule has 1 atom stereocenters. The Balaban J connectivity index is 0.00000176. The summed E-state index contributed by atoms with van der Waals surface area (Å²) in [5, 5.41) is 0.468. The Morgan fingerprint density at radius 1 is 1.06 bits per heavy atom. The Bertz CT molecular complexity index is 946. The van der Waals surface area contributed by atoms with Crippen molar-refractivity contribution >= 4 is 35.1 Å². The van der Waals surface area contributed by atoms with Gasteiger partial charge in [-0.25, -0.2) is 0 Å². The molecule has 0 saturated heterocycles. The number of amidine groups is 1. The summed E-state index contributed by atoms with van der Waals surface area (Å²) in [6, 6.07) is 12.5. The summed E-state index contributed by atoms with van der Waals surface area (Å²) in [4.78, 5) is 18.8. The fourth-order valence-corrected chi connectivity index (χ4v) is 5.10. The Hall–Kier alpha value is -2.13. The third-order valence-corrected chi connectivity index (χ3v) is 6.95. The number of nitrogens with zero attached hydrogens (tertiary/aromatic N) is 2. The topological polar surface area (TPSA) is 32.7 Å². The number of benzene rings is 2.